The van der Waals surface area contributed by atoms with Gasteiger partial charge in [-0.2, -0.15) is 0 Å². The minimum atomic E-state index is -0.884. The molecule has 0 saturated carbocycles. The molecule has 0 aliphatic carbocycles. The first-order chi connectivity index (χ1) is 15.2. The Kier molecular flexibility index (Phi) is 7.27. The van der Waals surface area contributed by atoms with Gasteiger partial charge in [-0.1, -0.05) is 11.6 Å². The van der Waals surface area contributed by atoms with Crippen LogP contribution in [-0.2, 0) is 14.3 Å². The van der Waals surface area contributed by atoms with Crippen molar-refractivity contribution in [2.75, 3.05) is 13.2 Å². The van der Waals surface area contributed by atoms with Gasteiger partial charge in [0.05, 0.1) is 22.6 Å². The topological polar surface area (TPSA) is 110 Å². The third-order valence-corrected chi connectivity index (χ3v) is 5.32. The van der Waals surface area contributed by atoms with Crippen LogP contribution in [0.4, 0.5) is 5.69 Å². The van der Waals surface area contributed by atoms with Crippen LogP contribution in [0.25, 0.3) is 5.76 Å². The largest absolute Gasteiger partial charge is 0.507 e. The number of likely N-dealkylation sites (tertiary alicyclic amines) is 1. The number of hydrogen-bond donors (Lipinski definition) is 1. The van der Waals surface area contributed by atoms with Crippen LogP contribution in [0.1, 0.15) is 37.4 Å². The Labute approximate surface area is 190 Å². The molecule has 2 aromatic rings. The lowest BCUT2D eigenvalue weighted by Gasteiger charge is -2.25. The van der Waals surface area contributed by atoms with E-state index in [0.717, 1.165) is 0 Å². The van der Waals surface area contributed by atoms with Crippen LogP contribution >= 0.6 is 11.6 Å². The standard InChI is InChI=1S/C23H23ClN2O6/c1-14(2)32-13-3-12-25-20(15-6-10-18(11-7-15)26(30)31)19(22(28)23(25)29)21(27)16-4-8-17(24)9-5-16/h4-11,14,20,27H,3,12-13H2,1-2H3/t20-/m1/s1. The average molecular weight is 459 g/mol. The molecule has 1 amide bonds. The number of rotatable bonds is 8. The number of nitrogens with zero attached hydrogens (tertiary/aromatic N) is 2. The maximum atomic E-state index is 12.9. The highest BCUT2D eigenvalue weighted by Crippen LogP contribution is 2.40. The van der Waals surface area contributed by atoms with E-state index in [1.165, 1.54) is 29.2 Å². The lowest BCUT2D eigenvalue weighted by atomic mass is 9.95. The molecule has 0 bridgehead atoms. The summed E-state index contributed by atoms with van der Waals surface area (Å²) in [6.45, 7) is 4.41. The number of non-ortho nitro benzene ring substituents is 1. The van der Waals surface area contributed by atoms with E-state index in [1.807, 2.05) is 13.8 Å². The monoisotopic (exact) mass is 458 g/mol. The van der Waals surface area contributed by atoms with E-state index in [9.17, 15) is 24.8 Å². The molecule has 1 fully saturated rings. The van der Waals surface area contributed by atoms with Gasteiger partial charge in [0.2, 0.25) is 0 Å². The predicted molar refractivity (Wildman–Crippen MR) is 119 cm³/mol. The zero-order valence-electron chi connectivity index (χ0n) is 17.7. The third kappa shape index (κ3) is 4.98. The Hall–Kier alpha value is -3.23. The minimum Gasteiger partial charge on any atom is -0.507 e. The summed E-state index contributed by atoms with van der Waals surface area (Å²) in [5.41, 5.74) is 0.627. The van der Waals surface area contributed by atoms with E-state index in [4.69, 9.17) is 16.3 Å². The second-order valence-electron chi connectivity index (χ2n) is 7.62. The van der Waals surface area contributed by atoms with Gasteiger partial charge >= 0.3 is 0 Å². The molecule has 1 aliphatic heterocycles. The summed E-state index contributed by atoms with van der Waals surface area (Å²) < 4.78 is 5.53. The number of ether oxygens (including phenoxy) is 1. The Balaban J connectivity index is 2.04. The quantitative estimate of drug-likeness (QED) is 0.156. The Morgan fingerprint density at radius 3 is 2.34 bits per heavy atom. The summed E-state index contributed by atoms with van der Waals surface area (Å²) in [4.78, 5) is 37.6. The van der Waals surface area contributed by atoms with Crippen molar-refractivity contribution in [2.24, 2.45) is 0 Å². The summed E-state index contributed by atoms with van der Waals surface area (Å²) in [7, 11) is 0. The highest BCUT2D eigenvalue weighted by atomic mass is 35.5. The Bertz CT molecular complexity index is 1050. The maximum Gasteiger partial charge on any atom is 0.295 e. The predicted octanol–water partition coefficient (Wildman–Crippen LogP) is 4.49. The number of nitro groups is 1. The lowest BCUT2D eigenvalue weighted by molar-refractivity contribution is -0.384. The van der Waals surface area contributed by atoms with Crippen LogP contribution in [0.2, 0.25) is 5.02 Å². The minimum absolute atomic E-state index is 0.0285. The van der Waals surface area contributed by atoms with Gasteiger partial charge < -0.3 is 14.7 Å². The molecule has 9 heteroatoms. The molecule has 1 heterocycles. The summed E-state index contributed by atoms with van der Waals surface area (Å²) in [6, 6.07) is 10.9. The van der Waals surface area contributed by atoms with Gasteiger partial charge in [-0.25, -0.2) is 0 Å². The van der Waals surface area contributed by atoms with Gasteiger partial charge in [-0.3, -0.25) is 19.7 Å². The number of benzene rings is 2. The normalized spacial score (nSPS) is 17.9. The van der Waals surface area contributed by atoms with Crippen molar-refractivity contribution >= 4 is 34.7 Å². The Morgan fingerprint density at radius 2 is 1.78 bits per heavy atom. The number of nitro benzene ring substituents is 1. The molecule has 3 rings (SSSR count). The van der Waals surface area contributed by atoms with Crippen molar-refractivity contribution in [3.05, 3.63) is 80.4 Å². The number of aliphatic hydroxyl groups excluding tert-OH is 1. The van der Waals surface area contributed by atoms with Crippen LogP contribution in [0.15, 0.2) is 54.1 Å². The van der Waals surface area contributed by atoms with Crippen LogP contribution < -0.4 is 0 Å². The number of carbonyl (C=O) groups excluding carboxylic acids is 2. The van der Waals surface area contributed by atoms with Gasteiger partial charge in [0, 0.05) is 35.9 Å². The summed E-state index contributed by atoms with van der Waals surface area (Å²) in [5.74, 6) is -1.89. The number of halogens is 1. The smallest absolute Gasteiger partial charge is 0.295 e. The van der Waals surface area contributed by atoms with Crippen molar-refractivity contribution in [2.45, 2.75) is 32.4 Å². The van der Waals surface area contributed by atoms with Crippen molar-refractivity contribution in [1.82, 2.24) is 4.90 Å². The molecule has 8 nitrogen and oxygen atoms in total. The third-order valence-electron chi connectivity index (χ3n) is 5.07. The van der Waals surface area contributed by atoms with E-state index in [2.05, 4.69) is 0 Å². The molecular weight excluding hydrogens is 436 g/mol. The van der Waals surface area contributed by atoms with Crippen molar-refractivity contribution in [3.63, 3.8) is 0 Å². The highest BCUT2D eigenvalue weighted by molar-refractivity contribution is 6.46. The van der Waals surface area contributed by atoms with Gasteiger partial charge in [-0.15, -0.1) is 0 Å². The van der Waals surface area contributed by atoms with Gasteiger partial charge in [-0.05, 0) is 62.2 Å². The summed E-state index contributed by atoms with van der Waals surface area (Å²) in [5, 5.41) is 22.4. The molecule has 1 N–H and O–H groups in total. The molecule has 32 heavy (non-hydrogen) atoms. The number of Topliss-reactive ketones (excluding diaryl/α,β-unsaturated/α-hetero) is 1. The van der Waals surface area contributed by atoms with E-state index in [0.29, 0.717) is 29.2 Å². The first-order valence-electron chi connectivity index (χ1n) is 10.1. The number of ketones is 1. The second kappa shape index (κ2) is 9.93. The van der Waals surface area contributed by atoms with E-state index < -0.39 is 22.7 Å². The molecule has 0 radical (unpaired) electrons. The Morgan fingerprint density at radius 1 is 1.16 bits per heavy atom. The molecule has 0 spiro atoms. The van der Waals surface area contributed by atoms with Gasteiger partial charge in [0.1, 0.15) is 5.76 Å². The fraction of sp³-hybridized carbons (Fsp3) is 0.304. The van der Waals surface area contributed by atoms with Crippen molar-refractivity contribution < 1.29 is 24.4 Å². The summed E-state index contributed by atoms with van der Waals surface area (Å²) in [6.07, 6.45) is 0.510. The van der Waals surface area contributed by atoms with Gasteiger partial charge in [0.15, 0.2) is 0 Å². The average Bonchev–Trinajstić information content (AvgIpc) is 3.01. The second-order valence-corrected chi connectivity index (χ2v) is 8.06. The lowest BCUT2D eigenvalue weighted by Crippen LogP contribution is -2.31. The van der Waals surface area contributed by atoms with Crippen LogP contribution in [0.5, 0.6) is 0 Å². The highest BCUT2D eigenvalue weighted by Gasteiger charge is 2.45. The first-order valence-corrected chi connectivity index (χ1v) is 10.5. The van der Waals surface area contributed by atoms with E-state index in [-0.39, 0.29) is 29.7 Å². The molecule has 0 aromatic heterocycles. The molecule has 1 saturated heterocycles. The molecule has 1 aliphatic rings. The maximum absolute atomic E-state index is 12.9. The van der Waals surface area contributed by atoms with Crippen molar-refractivity contribution in [3.8, 4) is 0 Å². The van der Waals surface area contributed by atoms with E-state index >= 15 is 0 Å². The first kappa shape index (κ1) is 23.4. The fourth-order valence-electron chi connectivity index (χ4n) is 3.55. The fourth-order valence-corrected chi connectivity index (χ4v) is 3.68. The molecule has 1 atom stereocenters. The van der Waals surface area contributed by atoms with Crippen molar-refractivity contribution in [1.29, 1.82) is 0 Å². The van der Waals surface area contributed by atoms with Crippen LogP contribution in [-0.4, -0.2) is 45.9 Å². The zero-order valence-corrected chi connectivity index (χ0v) is 18.4. The molecule has 2 aromatic carbocycles. The molecular formula is C23H23ClN2O6. The number of amides is 1. The van der Waals surface area contributed by atoms with Crippen LogP contribution in [0.3, 0.4) is 0 Å². The number of carbonyl (C=O) groups is 2. The SMILES string of the molecule is CC(C)OCCCN1C(=O)C(=O)C(=C(O)c2ccc(Cl)cc2)[C@H]1c1ccc([N+](=O)[O-])cc1. The van der Waals surface area contributed by atoms with Gasteiger partial charge in [0.25, 0.3) is 17.4 Å². The molecule has 168 valence electrons. The zero-order chi connectivity index (χ0) is 23.4. The summed E-state index contributed by atoms with van der Waals surface area (Å²) >= 11 is 5.92. The van der Waals surface area contributed by atoms with E-state index in [1.54, 1.807) is 24.3 Å². The molecule has 0 unspecified atom stereocenters. The number of hydrogen-bond acceptors (Lipinski definition) is 6. The number of aliphatic hydroxyl groups is 1. The van der Waals surface area contributed by atoms with Crippen LogP contribution in [0, 0.1) is 10.1 Å².